The van der Waals surface area contributed by atoms with Crippen LogP contribution in [0.25, 0.3) is 0 Å². The van der Waals surface area contributed by atoms with E-state index in [9.17, 15) is 24.3 Å². The first-order chi connectivity index (χ1) is 9.59. The van der Waals surface area contributed by atoms with Gasteiger partial charge in [-0.05, 0) is 19.3 Å². The van der Waals surface area contributed by atoms with Gasteiger partial charge < -0.3 is 9.84 Å². The number of aliphatic carboxylic acids is 1. The van der Waals surface area contributed by atoms with Crippen LogP contribution in [0.1, 0.15) is 47.0 Å². The zero-order valence-corrected chi connectivity index (χ0v) is 13.3. The summed E-state index contributed by atoms with van der Waals surface area (Å²) < 4.78 is 4.63. The van der Waals surface area contributed by atoms with E-state index in [1.54, 1.807) is 0 Å². The molecule has 6 nitrogen and oxygen atoms in total. The molecule has 0 aromatic rings. The number of hydrogen-bond donors (Lipinski definition) is 1. The van der Waals surface area contributed by atoms with Crippen molar-refractivity contribution in [1.82, 2.24) is 0 Å². The maximum absolute atomic E-state index is 12.0. The first kappa shape index (κ1) is 19.3. The van der Waals surface area contributed by atoms with Gasteiger partial charge in [-0.15, -0.1) is 0 Å². The lowest BCUT2D eigenvalue weighted by atomic mass is 9.69. The Bertz CT molecular complexity index is 426. The number of methoxy groups -OCH3 is 1. The molecule has 0 rings (SSSR count). The van der Waals surface area contributed by atoms with E-state index in [0.29, 0.717) is 6.42 Å². The Morgan fingerprint density at radius 3 is 2.00 bits per heavy atom. The molecule has 0 amide bonds. The SMILES string of the molecule is COC(=O)C(CCC(=O)CC(C)C)(C(C)=O)C(C)C(=O)O. The normalized spacial score (nSPS) is 15.1. The Balaban J connectivity index is 5.39. The van der Waals surface area contributed by atoms with Gasteiger partial charge in [-0.1, -0.05) is 20.8 Å². The molecule has 1 N–H and O–H groups in total. The monoisotopic (exact) mass is 300 g/mol. The lowest BCUT2D eigenvalue weighted by molar-refractivity contribution is -0.169. The number of esters is 1. The van der Waals surface area contributed by atoms with Gasteiger partial charge >= 0.3 is 11.9 Å². The summed E-state index contributed by atoms with van der Waals surface area (Å²) in [6.07, 6.45) is 0.162. The summed E-state index contributed by atoms with van der Waals surface area (Å²) in [5.74, 6) is -3.96. The van der Waals surface area contributed by atoms with Crippen LogP contribution < -0.4 is 0 Å². The molecule has 0 saturated carbocycles. The molecule has 0 heterocycles. The van der Waals surface area contributed by atoms with E-state index >= 15 is 0 Å². The lowest BCUT2D eigenvalue weighted by Gasteiger charge is -2.31. The molecule has 0 radical (unpaired) electrons. The highest BCUT2D eigenvalue weighted by Gasteiger charge is 2.52. The summed E-state index contributed by atoms with van der Waals surface area (Å²) in [6.45, 7) is 6.21. The van der Waals surface area contributed by atoms with Crippen LogP contribution in [0.15, 0.2) is 0 Å². The van der Waals surface area contributed by atoms with Gasteiger partial charge in [-0.25, -0.2) is 0 Å². The second kappa shape index (κ2) is 7.90. The van der Waals surface area contributed by atoms with Crippen LogP contribution in [-0.4, -0.2) is 35.7 Å². The number of rotatable bonds is 9. The van der Waals surface area contributed by atoms with E-state index in [4.69, 9.17) is 0 Å². The van der Waals surface area contributed by atoms with E-state index < -0.39 is 29.1 Å². The van der Waals surface area contributed by atoms with E-state index in [1.165, 1.54) is 6.92 Å². The highest BCUT2D eigenvalue weighted by molar-refractivity contribution is 6.06. The largest absolute Gasteiger partial charge is 0.481 e. The second-order valence-corrected chi connectivity index (χ2v) is 5.72. The minimum atomic E-state index is -1.81. The molecule has 2 atom stereocenters. The molecule has 6 heteroatoms. The molecule has 120 valence electrons. The number of ether oxygens (including phenoxy) is 1. The van der Waals surface area contributed by atoms with Crippen LogP contribution in [0.5, 0.6) is 0 Å². The van der Waals surface area contributed by atoms with Crippen LogP contribution in [0, 0.1) is 17.3 Å². The third-order valence-corrected chi connectivity index (χ3v) is 3.72. The van der Waals surface area contributed by atoms with Gasteiger partial charge in [0.25, 0.3) is 0 Å². The van der Waals surface area contributed by atoms with Crippen LogP contribution in [0.2, 0.25) is 0 Å². The highest BCUT2D eigenvalue weighted by Crippen LogP contribution is 2.36. The zero-order valence-electron chi connectivity index (χ0n) is 13.3. The standard InChI is InChI=1S/C15H24O6/c1-9(2)8-12(17)6-7-15(11(4)16,14(20)21-5)10(3)13(18)19/h9-10H,6-8H2,1-5H3,(H,18,19). The van der Waals surface area contributed by atoms with E-state index in [2.05, 4.69) is 4.74 Å². The summed E-state index contributed by atoms with van der Waals surface area (Å²) in [5, 5.41) is 9.18. The Hall–Kier alpha value is -1.72. The minimum absolute atomic E-state index is 0.0233. The zero-order chi connectivity index (χ0) is 16.8. The fraction of sp³-hybridized carbons (Fsp3) is 0.733. The third kappa shape index (κ3) is 4.65. The summed E-state index contributed by atoms with van der Waals surface area (Å²) in [7, 11) is 1.10. The Morgan fingerprint density at radius 2 is 1.67 bits per heavy atom. The molecular formula is C15H24O6. The fourth-order valence-corrected chi connectivity index (χ4v) is 2.41. The molecule has 0 aromatic heterocycles. The maximum Gasteiger partial charge on any atom is 0.320 e. The molecular weight excluding hydrogens is 276 g/mol. The molecule has 0 aromatic carbocycles. The van der Waals surface area contributed by atoms with Gasteiger partial charge in [0, 0.05) is 12.8 Å². The van der Waals surface area contributed by atoms with Crippen LogP contribution >= 0.6 is 0 Å². The number of ketones is 2. The smallest absolute Gasteiger partial charge is 0.320 e. The molecule has 0 spiro atoms. The molecule has 0 bridgehead atoms. The Morgan fingerprint density at radius 1 is 1.14 bits per heavy atom. The molecule has 21 heavy (non-hydrogen) atoms. The first-order valence-electron chi connectivity index (χ1n) is 6.93. The molecule has 2 unspecified atom stereocenters. The van der Waals surface area contributed by atoms with Crippen molar-refractivity contribution in [3.8, 4) is 0 Å². The van der Waals surface area contributed by atoms with Crippen molar-refractivity contribution in [3.63, 3.8) is 0 Å². The van der Waals surface area contributed by atoms with Crippen molar-refractivity contribution in [2.24, 2.45) is 17.3 Å². The molecule has 0 fully saturated rings. The third-order valence-electron chi connectivity index (χ3n) is 3.72. The highest BCUT2D eigenvalue weighted by atomic mass is 16.5. The van der Waals surface area contributed by atoms with Crippen molar-refractivity contribution < 1.29 is 29.0 Å². The summed E-state index contributed by atoms with van der Waals surface area (Å²) in [6, 6.07) is 0. The predicted molar refractivity (Wildman–Crippen MR) is 75.6 cm³/mol. The average Bonchev–Trinajstić information content (AvgIpc) is 2.37. The van der Waals surface area contributed by atoms with Crippen LogP contribution in [0.3, 0.4) is 0 Å². The first-order valence-corrected chi connectivity index (χ1v) is 6.93. The van der Waals surface area contributed by atoms with Crippen molar-refractivity contribution in [1.29, 1.82) is 0 Å². The quantitative estimate of drug-likeness (QED) is 0.515. The van der Waals surface area contributed by atoms with Gasteiger partial charge in [0.1, 0.15) is 17.0 Å². The predicted octanol–water partition coefficient (Wildman–Crippen LogP) is 1.85. The van der Waals surface area contributed by atoms with Crippen molar-refractivity contribution in [3.05, 3.63) is 0 Å². The van der Waals surface area contributed by atoms with Gasteiger partial charge in [-0.2, -0.15) is 0 Å². The summed E-state index contributed by atoms with van der Waals surface area (Å²) in [5.41, 5.74) is -1.81. The average molecular weight is 300 g/mol. The van der Waals surface area contributed by atoms with Gasteiger partial charge in [0.15, 0.2) is 0 Å². The maximum atomic E-state index is 12.0. The molecule has 0 aliphatic carbocycles. The van der Waals surface area contributed by atoms with Gasteiger partial charge in [0.05, 0.1) is 13.0 Å². The number of Topliss-reactive ketones (excluding diaryl/α,β-unsaturated/α-hetero) is 2. The number of carbonyl (C=O) groups is 4. The van der Waals surface area contributed by atoms with E-state index in [-0.39, 0.29) is 24.5 Å². The van der Waals surface area contributed by atoms with E-state index in [1.807, 2.05) is 13.8 Å². The summed E-state index contributed by atoms with van der Waals surface area (Å²) in [4.78, 5) is 47.1. The lowest BCUT2D eigenvalue weighted by Crippen LogP contribution is -2.47. The van der Waals surface area contributed by atoms with Crippen molar-refractivity contribution in [2.75, 3.05) is 7.11 Å². The van der Waals surface area contributed by atoms with Crippen molar-refractivity contribution in [2.45, 2.75) is 47.0 Å². The van der Waals surface area contributed by atoms with E-state index in [0.717, 1.165) is 14.0 Å². The minimum Gasteiger partial charge on any atom is -0.481 e. The van der Waals surface area contributed by atoms with Crippen molar-refractivity contribution >= 4 is 23.5 Å². The number of carboxylic acid groups (broad SMARTS) is 1. The number of hydrogen-bond acceptors (Lipinski definition) is 5. The van der Waals surface area contributed by atoms with Crippen LogP contribution in [-0.2, 0) is 23.9 Å². The second-order valence-electron chi connectivity index (χ2n) is 5.72. The fourth-order valence-electron chi connectivity index (χ4n) is 2.41. The topological polar surface area (TPSA) is 97.7 Å². The number of carbonyl (C=O) groups excluding carboxylic acids is 3. The molecule has 0 aliphatic rings. The molecule has 0 saturated heterocycles. The Labute approximate surface area is 124 Å². The van der Waals surface area contributed by atoms with Crippen LogP contribution in [0.4, 0.5) is 0 Å². The number of carboxylic acids is 1. The summed E-state index contributed by atoms with van der Waals surface area (Å²) >= 11 is 0. The molecule has 0 aliphatic heterocycles. The van der Waals surface area contributed by atoms with Gasteiger partial charge in [-0.3, -0.25) is 19.2 Å². The van der Waals surface area contributed by atoms with Gasteiger partial charge in [0.2, 0.25) is 0 Å². The Kier molecular flexibility index (Phi) is 7.26.